The molecule has 0 aliphatic rings. The highest BCUT2D eigenvalue weighted by atomic mass is 13.7. The van der Waals surface area contributed by atoms with Gasteiger partial charge in [-0.1, -0.05) is 19.8 Å². The Labute approximate surface area is 34.2 Å². The van der Waals surface area contributed by atoms with Crippen LogP contribution >= 0.6 is 0 Å². The standard InChI is InChI=1S/C5H10/c1-3-5-4-2/h1H,3-5H2,2H3. The average molecular weight is 70.1 g/mol. The first-order valence-electron chi connectivity index (χ1n) is 2.12. The Morgan fingerprint density at radius 1 is 1.60 bits per heavy atom. The molecule has 0 rings (SSSR count). The molecule has 0 saturated heterocycles. The third-order valence-corrected chi connectivity index (χ3v) is 0.558. The highest BCUT2D eigenvalue weighted by molar-refractivity contribution is 4.35. The van der Waals surface area contributed by atoms with Crippen molar-refractivity contribution in [3.8, 4) is 0 Å². The lowest BCUT2D eigenvalue weighted by Crippen LogP contribution is -1.59. The molecule has 0 N–H and O–H groups in total. The summed E-state index contributed by atoms with van der Waals surface area (Å²) in [5.74, 6) is 0. The summed E-state index contributed by atoms with van der Waals surface area (Å²) in [5.41, 5.74) is 0. The van der Waals surface area contributed by atoms with E-state index in [-0.39, 0.29) is 0 Å². The van der Waals surface area contributed by atoms with Crippen molar-refractivity contribution >= 4 is 0 Å². The summed E-state index contributed by atoms with van der Waals surface area (Å²) in [6.45, 7) is 7.27. The average Bonchev–Trinajstić information content (AvgIpc) is 1.41. The van der Waals surface area contributed by atoms with E-state index in [0.717, 1.165) is 6.42 Å². The molecule has 0 fully saturated rings. The van der Waals surface area contributed by atoms with Crippen molar-refractivity contribution in [2.24, 2.45) is 0 Å². The van der Waals surface area contributed by atoms with Gasteiger partial charge in [0.25, 0.3) is 0 Å². The molecule has 0 heteroatoms. The number of hydrogen-bond acceptors (Lipinski definition) is 0. The predicted octanol–water partition coefficient (Wildman–Crippen LogP) is 1.89. The maximum Gasteiger partial charge on any atom is -0.0352 e. The van der Waals surface area contributed by atoms with Crippen LogP contribution < -0.4 is 0 Å². The largest absolute Gasteiger partial charge is 0.0654 e. The maximum atomic E-state index is 5.14. The van der Waals surface area contributed by atoms with Crippen LogP contribution in [-0.2, 0) is 0 Å². The molecule has 0 aromatic rings. The molecule has 0 bridgehead atoms. The van der Waals surface area contributed by atoms with E-state index in [4.69, 9.17) is 6.92 Å². The molecule has 0 spiro atoms. The molecule has 0 heterocycles. The zero-order chi connectivity index (χ0) is 4.12. The van der Waals surface area contributed by atoms with Crippen LogP contribution in [0.1, 0.15) is 26.2 Å². The van der Waals surface area contributed by atoms with Gasteiger partial charge >= 0.3 is 0 Å². The molecule has 0 aromatic carbocycles. The van der Waals surface area contributed by atoms with E-state index in [1.54, 1.807) is 0 Å². The summed E-state index contributed by atoms with van der Waals surface area (Å²) in [5, 5.41) is 0. The van der Waals surface area contributed by atoms with Crippen LogP contribution in [0, 0.1) is 6.92 Å². The summed E-state index contributed by atoms with van der Waals surface area (Å²) in [6, 6.07) is 0. The van der Waals surface area contributed by atoms with Crippen LogP contribution in [0.2, 0.25) is 0 Å². The maximum absolute atomic E-state index is 5.14. The van der Waals surface area contributed by atoms with Crippen LogP contribution in [0.15, 0.2) is 0 Å². The Morgan fingerprint density at radius 3 is 2.20 bits per heavy atom. The lowest BCUT2D eigenvalue weighted by atomic mass is 10.3. The minimum Gasteiger partial charge on any atom is -0.0654 e. The highest BCUT2D eigenvalue weighted by Crippen LogP contribution is 1.87. The Kier molecular flexibility index (Phi) is 4.00. The van der Waals surface area contributed by atoms with Gasteiger partial charge in [-0.2, -0.15) is 0 Å². The highest BCUT2D eigenvalue weighted by Gasteiger charge is 1.68. The summed E-state index contributed by atoms with van der Waals surface area (Å²) in [4.78, 5) is 0. The predicted molar refractivity (Wildman–Crippen MR) is 23.8 cm³/mol. The third-order valence-electron chi connectivity index (χ3n) is 0.558. The summed E-state index contributed by atoms with van der Waals surface area (Å²) in [6.07, 6.45) is 3.23. The van der Waals surface area contributed by atoms with E-state index in [1.165, 1.54) is 12.8 Å². The second-order valence-corrected chi connectivity index (χ2v) is 1.14. The van der Waals surface area contributed by atoms with E-state index >= 15 is 0 Å². The molecular weight excluding hydrogens is 60.1 g/mol. The van der Waals surface area contributed by atoms with E-state index in [0.29, 0.717) is 0 Å². The van der Waals surface area contributed by atoms with Crippen molar-refractivity contribution in [2.75, 3.05) is 0 Å². The first-order chi connectivity index (χ1) is 2.41. The van der Waals surface area contributed by atoms with Gasteiger partial charge in [0.15, 0.2) is 0 Å². The minimum atomic E-state index is 0.844. The van der Waals surface area contributed by atoms with E-state index in [2.05, 4.69) is 6.92 Å². The van der Waals surface area contributed by atoms with Crippen molar-refractivity contribution in [2.45, 2.75) is 26.2 Å². The van der Waals surface area contributed by atoms with E-state index in [1.807, 2.05) is 0 Å². The first kappa shape index (κ1) is 5.00. The van der Waals surface area contributed by atoms with Crippen molar-refractivity contribution in [3.05, 3.63) is 6.92 Å². The number of unbranched alkanes of at least 4 members (excludes halogenated alkanes) is 2. The van der Waals surface area contributed by atoms with Crippen LogP contribution in [0.25, 0.3) is 0 Å². The Morgan fingerprint density at radius 2 is 2.20 bits per heavy atom. The fourth-order valence-corrected chi connectivity index (χ4v) is 0.204. The third kappa shape index (κ3) is 4.00. The number of hydrogen-bond donors (Lipinski definition) is 0. The summed E-state index contributed by atoms with van der Waals surface area (Å²) >= 11 is 0. The molecule has 0 aliphatic carbocycles. The number of rotatable bonds is 2. The lowest BCUT2D eigenvalue weighted by Gasteiger charge is -1.78. The summed E-state index contributed by atoms with van der Waals surface area (Å²) in [7, 11) is 0. The molecule has 0 amide bonds. The van der Waals surface area contributed by atoms with Gasteiger partial charge in [0.2, 0.25) is 0 Å². The van der Waals surface area contributed by atoms with Gasteiger partial charge in [0.05, 0.1) is 0 Å². The smallest absolute Gasteiger partial charge is 0.0352 e. The first-order valence-corrected chi connectivity index (χ1v) is 2.12. The fourth-order valence-electron chi connectivity index (χ4n) is 0.204. The molecule has 5 heavy (non-hydrogen) atoms. The quantitative estimate of drug-likeness (QED) is 0.465. The van der Waals surface area contributed by atoms with Crippen LogP contribution in [-0.4, -0.2) is 0 Å². The molecular formula is C5H10. The molecule has 0 nitrogen and oxygen atoms in total. The van der Waals surface area contributed by atoms with E-state index in [9.17, 15) is 0 Å². The van der Waals surface area contributed by atoms with Crippen LogP contribution in [0.4, 0.5) is 0 Å². The lowest BCUT2D eigenvalue weighted by molar-refractivity contribution is 0.813. The van der Waals surface area contributed by atoms with Crippen molar-refractivity contribution in [3.63, 3.8) is 0 Å². The Bertz CT molecular complexity index is 7.51. The Balaban J connectivity index is 2.19. The fraction of sp³-hybridized carbons (Fsp3) is 0.800. The van der Waals surface area contributed by atoms with E-state index < -0.39 is 0 Å². The van der Waals surface area contributed by atoms with Gasteiger partial charge in [0, 0.05) is 0 Å². The van der Waals surface area contributed by atoms with Crippen molar-refractivity contribution in [1.82, 2.24) is 0 Å². The van der Waals surface area contributed by atoms with Gasteiger partial charge in [-0.25, -0.2) is 0 Å². The monoisotopic (exact) mass is 70.1 g/mol. The molecule has 0 aliphatic heterocycles. The molecule has 30 valence electrons. The van der Waals surface area contributed by atoms with Crippen LogP contribution in [0.5, 0.6) is 0 Å². The SMILES string of the molecule is [CH]CCCC. The molecule has 0 saturated carbocycles. The molecule has 0 unspecified atom stereocenters. The van der Waals surface area contributed by atoms with Gasteiger partial charge < -0.3 is 0 Å². The van der Waals surface area contributed by atoms with Gasteiger partial charge in [0.1, 0.15) is 0 Å². The van der Waals surface area contributed by atoms with Gasteiger partial charge in [-0.05, 0) is 13.3 Å². The molecule has 2 radical (unpaired) electrons. The summed E-state index contributed by atoms with van der Waals surface area (Å²) < 4.78 is 0. The second-order valence-electron chi connectivity index (χ2n) is 1.14. The van der Waals surface area contributed by atoms with Gasteiger partial charge in [-0.15, -0.1) is 0 Å². The van der Waals surface area contributed by atoms with Gasteiger partial charge in [-0.3, -0.25) is 0 Å². The second kappa shape index (κ2) is 4.00. The zero-order valence-corrected chi connectivity index (χ0v) is 3.70. The molecule has 0 aromatic heterocycles. The normalized spacial score (nSPS) is 8.40. The topological polar surface area (TPSA) is 0 Å². The Hall–Kier alpha value is 0. The molecule has 0 atom stereocenters. The zero-order valence-electron chi connectivity index (χ0n) is 3.70. The van der Waals surface area contributed by atoms with Crippen molar-refractivity contribution < 1.29 is 0 Å². The van der Waals surface area contributed by atoms with Crippen molar-refractivity contribution in [1.29, 1.82) is 0 Å². The minimum absolute atomic E-state index is 0.844. The van der Waals surface area contributed by atoms with Crippen LogP contribution in [0.3, 0.4) is 0 Å².